The third-order valence-corrected chi connectivity index (χ3v) is 5.08. The Morgan fingerprint density at radius 3 is 2.80 bits per heavy atom. The standard InChI is InChI=1S/C14H18N2O3S/c1-2-19-12(17)10-8-4-3-5-9(8)20-11(10)16-13(18)14(15)6-7-14/h2-7,15H2,1H3,(H,16,18). The number of nitrogens with one attached hydrogen (secondary N) is 1. The lowest BCUT2D eigenvalue weighted by Gasteiger charge is -2.11. The van der Waals surface area contributed by atoms with E-state index in [9.17, 15) is 9.59 Å². The topological polar surface area (TPSA) is 81.4 Å². The molecule has 3 rings (SSSR count). The van der Waals surface area contributed by atoms with Crippen LogP contribution in [0, 0.1) is 0 Å². The van der Waals surface area contributed by atoms with Gasteiger partial charge >= 0.3 is 5.97 Å². The molecule has 1 aromatic rings. The number of esters is 1. The number of hydrogen-bond acceptors (Lipinski definition) is 5. The van der Waals surface area contributed by atoms with Gasteiger partial charge in [-0.3, -0.25) is 4.79 Å². The maximum Gasteiger partial charge on any atom is 0.341 e. The van der Waals surface area contributed by atoms with E-state index in [-0.39, 0.29) is 11.9 Å². The molecule has 0 spiro atoms. The van der Waals surface area contributed by atoms with Crippen molar-refractivity contribution in [3.8, 4) is 0 Å². The normalized spacial score (nSPS) is 18.5. The number of anilines is 1. The van der Waals surface area contributed by atoms with Crippen LogP contribution in [0.5, 0.6) is 0 Å². The molecule has 0 saturated heterocycles. The Hall–Kier alpha value is -1.40. The SMILES string of the molecule is CCOC(=O)c1c(NC(=O)C2(N)CC2)sc2c1CCC2. The van der Waals surface area contributed by atoms with Crippen LogP contribution in [0.25, 0.3) is 0 Å². The highest BCUT2D eigenvalue weighted by atomic mass is 32.1. The van der Waals surface area contributed by atoms with Gasteiger partial charge in [0.1, 0.15) is 5.00 Å². The lowest BCUT2D eigenvalue weighted by atomic mass is 10.1. The molecule has 20 heavy (non-hydrogen) atoms. The number of aryl methyl sites for hydroxylation is 1. The summed E-state index contributed by atoms with van der Waals surface area (Å²) >= 11 is 1.49. The first-order valence-electron chi connectivity index (χ1n) is 6.97. The van der Waals surface area contributed by atoms with Crippen molar-refractivity contribution in [1.29, 1.82) is 0 Å². The summed E-state index contributed by atoms with van der Waals surface area (Å²) in [5.74, 6) is -0.535. The molecule has 2 aliphatic rings. The first-order chi connectivity index (χ1) is 9.55. The lowest BCUT2D eigenvalue weighted by molar-refractivity contribution is -0.118. The van der Waals surface area contributed by atoms with Crippen molar-refractivity contribution in [1.82, 2.24) is 0 Å². The molecule has 6 heteroatoms. The number of rotatable bonds is 4. The maximum atomic E-state index is 12.1. The molecule has 1 saturated carbocycles. The van der Waals surface area contributed by atoms with E-state index in [4.69, 9.17) is 10.5 Å². The molecule has 108 valence electrons. The molecule has 1 amide bonds. The van der Waals surface area contributed by atoms with E-state index >= 15 is 0 Å². The second kappa shape index (κ2) is 4.86. The number of fused-ring (bicyclic) bond motifs is 1. The van der Waals surface area contributed by atoms with Crippen molar-refractivity contribution < 1.29 is 14.3 Å². The highest BCUT2D eigenvalue weighted by Gasteiger charge is 2.46. The van der Waals surface area contributed by atoms with Crippen molar-refractivity contribution >= 4 is 28.2 Å². The predicted molar refractivity (Wildman–Crippen MR) is 77.1 cm³/mol. The van der Waals surface area contributed by atoms with Gasteiger partial charge in [-0.25, -0.2) is 4.79 Å². The average Bonchev–Trinajstić information content (AvgIpc) is 2.84. The maximum absolute atomic E-state index is 12.1. The van der Waals surface area contributed by atoms with Crippen LogP contribution < -0.4 is 11.1 Å². The van der Waals surface area contributed by atoms with E-state index in [0.717, 1.165) is 24.8 Å². The number of ether oxygens (including phenoxy) is 1. The molecular formula is C14H18N2O3S. The minimum atomic E-state index is -0.736. The van der Waals surface area contributed by atoms with Crippen LogP contribution in [0.1, 0.15) is 47.0 Å². The molecule has 1 fully saturated rings. The van der Waals surface area contributed by atoms with Crippen molar-refractivity contribution in [2.45, 2.75) is 44.6 Å². The number of carbonyl (C=O) groups excluding carboxylic acids is 2. The van der Waals surface area contributed by atoms with Crippen molar-refractivity contribution in [3.63, 3.8) is 0 Å². The molecule has 5 nitrogen and oxygen atoms in total. The Kier molecular flexibility index (Phi) is 3.30. The first kappa shape index (κ1) is 13.6. The Labute approximate surface area is 121 Å². The highest BCUT2D eigenvalue weighted by Crippen LogP contribution is 2.41. The molecule has 0 aromatic carbocycles. The monoisotopic (exact) mass is 294 g/mol. The molecule has 0 bridgehead atoms. The summed E-state index contributed by atoms with van der Waals surface area (Å²) in [4.78, 5) is 25.4. The van der Waals surface area contributed by atoms with Crippen molar-refractivity contribution in [2.24, 2.45) is 5.73 Å². The first-order valence-corrected chi connectivity index (χ1v) is 7.79. The van der Waals surface area contributed by atoms with E-state index in [0.29, 0.717) is 30.0 Å². The van der Waals surface area contributed by atoms with Crippen molar-refractivity contribution in [3.05, 3.63) is 16.0 Å². The summed E-state index contributed by atoms with van der Waals surface area (Å²) in [6.45, 7) is 2.11. The Bertz CT molecular complexity index is 575. The summed E-state index contributed by atoms with van der Waals surface area (Å²) in [7, 11) is 0. The van der Waals surface area contributed by atoms with E-state index in [2.05, 4.69) is 5.32 Å². The fraction of sp³-hybridized carbons (Fsp3) is 0.571. The van der Waals surface area contributed by atoms with Crippen LogP contribution in [0.15, 0.2) is 0 Å². The Morgan fingerprint density at radius 1 is 1.40 bits per heavy atom. The van der Waals surface area contributed by atoms with Crippen molar-refractivity contribution in [2.75, 3.05) is 11.9 Å². The van der Waals surface area contributed by atoms with Gasteiger partial charge < -0.3 is 15.8 Å². The second-order valence-electron chi connectivity index (χ2n) is 5.39. The number of carbonyl (C=O) groups is 2. The molecule has 0 radical (unpaired) electrons. The van der Waals surface area contributed by atoms with Gasteiger partial charge in [-0.15, -0.1) is 11.3 Å². The average molecular weight is 294 g/mol. The molecule has 0 atom stereocenters. The third kappa shape index (κ3) is 2.23. The number of thiophene rings is 1. The minimum absolute atomic E-state index is 0.192. The lowest BCUT2D eigenvalue weighted by Crippen LogP contribution is -2.38. The Balaban J connectivity index is 1.90. The molecular weight excluding hydrogens is 276 g/mol. The predicted octanol–water partition coefficient (Wildman–Crippen LogP) is 1.84. The van der Waals surface area contributed by atoms with E-state index in [1.165, 1.54) is 16.2 Å². The molecule has 2 aliphatic carbocycles. The van der Waals surface area contributed by atoms with E-state index < -0.39 is 5.54 Å². The van der Waals surface area contributed by atoms with Gasteiger partial charge in [-0.05, 0) is 44.6 Å². The molecule has 1 heterocycles. The number of amides is 1. The van der Waals surface area contributed by atoms with Gasteiger partial charge in [0.2, 0.25) is 5.91 Å². The highest BCUT2D eigenvalue weighted by molar-refractivity contribution is 7.17. The van der Waals surface area contributed by atoms with Crippen LogP contribution in [0.2, 0.25) is 0 Å². The van der Waals surface area contributed by atoms with Crippen LogP contribution >= 0.6 is 11.3 Å². The van der Waals surface area contributed by atoms with Crippen LogP contribution in [-0.4, -0.2) is 24.0 Å². The molecule has 0 unspecified atom stereocenters. The Morgan fingerprint density at radius 2 is 2.15 bits per heavy atom. The zero-order valence-corrected chi connectivity index (χ0v) is 12.3. The summed E-state index contributed by atoms with van der Waals surface area (Å²) in [5, 5.41) is 3.44. The molecule has 3 N–H and O–H groups in total. The molecule has 1 aromatic heterocycles. The number of nitrogens with two attached hydrogens (primary N) is 1. The second-order valence-corrected chi connectivity index (χ2v) is 6.50. The summed E-state index contributed by atoms with van der Waals surface area (Å²) in [5.41, 5.74) is 6.75. The number of hydrogen-bond donors (Lipinski definition) is 2. The zero-order chi connectivity index (χ0) is 14.3. The fourth-order valence-electron chi connectivity index (χ4n) is 2.50. The quantitative estimate of drug-likeness (QED) is 0.830. The zero-order valence-electron chi connectivity index (χ0n) is 11.5. The van der Waals surface area contributed by atoms with Gasteiger partial charge in [0.15, 0.2) is 0 Å². The van der Waals surface area contributed by atoms with Gasteiger partial charge in [0, 0.05) is 4.88 Å². The summed E-state index contributed by atoms with van der Waals surface area (Å²) < 4.78 is 5.12. The van der Waals surface area contributed by atoms with E-state index in [1.54, 1.807) is 6.92 Å². The van der Waals surface area contributed by atoms with Crippen LogP contribution in [0.3, 0.4) is 0 Å². The summed E-state index contributed by atoms with van der Waals surface area (Å²) in [6.07, 6.45) is 4.32. The van der Waals surface area contributed by atoms with Gasteiger partial charge in [-0.2, -0.15) is 0 Å². The minimum Gasteiger partial charge on any atom is -0.462 e. The van der Waals surface area contributed by atoms with E-state index in [1.807, 2.05) is 0 Å². The van der Waals surface area contributed by atoms with Gasteiger partial charge in [0.05, 0.1) is 17.7 Å². The largest absolute Gasteiger partial charge is 0.462 e. The fourth-order valence-corrected chi connectivity index (χ4v) is 3.77. The summed E-state index contributed by atoms with van der Waals surface area (Å²) in [6, 6.07) is 0. The third-order valence-electron chi connectivity index (χ3n) is 3.87. The van der Waals surface area contributed by atoms with Crippen LogP contribution in [-0.2, 0) is 22.4 Å². The smallest absolute Gasteiger partial charge is 0.341 e. The van der Waals surface area contributed by atoms with Gasteiger partial charge in [-0.1, -0.05) is 0 Å². The molecule has 0 aliphatic heterocycles. The van der Waals surface area contributed by atoms with Crippen LogP contribution in [0.4, 0.5) is 5.00 Å². The van der Waals surface area contributed by atoms with Gasteiger partial charge in [0.25, 0.3) is 0 Å².